The Hall–Kier alpha value is -2.84. The molecule has 7 nitrogen and oxygen atoms in total. The number of benzene rings is 2. The van der Waals surface area contributed by atoms with Crippen LogP contribution in [-0.2, 0) is 20.8 Å². The zero-order valence-electron chi connectivity index (χ0n) is 23.1. The number of carbonyl (C=O) groups is 3. The highest BCUT2D eigenvalue weighted by atomic mass is 32.2. The van der Waals surface area contributed by atoms with Crippen LogP contribution >= 0.6 is 11.8 Å². The van der Waals surface area contributed by atoms with Crippen molar-refractivity contribution in [2.45, 2.75) is 69.0 Å². The number of rotatable bonds is 9. The van der Waals surface area contributed by atoms with Crippen molar-refractivity contribution < 1.29 is 19.5 Å². The van der Waals surface area contributed by atoms with E-state index in [9.17, 15) is 19.5 Å². The Labute approximate surface area is 235 Å². The summed E-state index contributed by atoms with van der Waals surface area (Å²) >= 11 is 1.66. The second-order valence-electron chi connectivity index (χ2n) is 11.4. The minimum absolute atomic E-state index is 0.00865. The highest BCUT2D eigenvalue weighted by molar-refractivity contribution is 8.02. The van der Waals surface area contributed by atoms with Crippen molar-refractivity contribution in [1.29, 1.82) is 0 Å². The fraction of sp³-hybridized carbons (Fsp3) is 0.516. The first kappa shape index (κ1) is 27.7. The van der Waals surface area contributed by atoms with Gasteiger partial charge in [0.2, 0.25) is 17.7 Å². The zero-order chi connectivity index (χ0) is 27.9. The van der Waals surface area contributed by atoms with Gasteiger partial charge >= 0.3 is 0 Å². The second kappa shape index (κ2) is 11.0. The van der Waals surface area contributed by atoms with Crippen LogP contribution in [0.15, 0.2) is 48.5 Å². The van der Waals surface area contributed by atoms with E-state index in [4.69, 9.17) is 0 Å². The maximum Gasteiger partial charge on any atom is 0.248 e. The predicted molar refractivity (Wildman–Crippen MR) is 154 cm³/mol. The predicted octanol–water partition coefficient (Wildman–Crippen LogP) is 3.71. The van der Waals surface area contributed by atoms with Gasteiger partial charge in [-0.25, -0.2) is 0 Å². The summed E-state index contributed by atoms with van der Waals surface area (Å²) in [5, 5.41) is 16.8. The van der Waals surface area contributed by atoms with Gasteiger partial charge in [0.15, 0.2) is 0 Å². The summed E-state index contributed by atoms with van der Waals surface area (Å²) in [4.78, 5) is 43.8. The Morgan fingerprint density at radius 1 is 1.15 bits per heavy atom. The Morgan fingerprint density at radius 3 is 2.59 bits per heavy atom. The molecule has 7 atom stereocenters. The molecular formula is C31H39N3O4S. The number of thioether (sulfide) groups is 1. The van der Waals surface area contributed by atoms with Gasteiger partial charge < -0.3 is 20.6 Å². The fourth-order valence-electron chi connectivity index (χ4n) is 7.03. The number of carbonyl (C=O) groups excluding carboxylic acids is 3. The Kier molecular flexibility index (Phi) is 7.80. The molecule has 3 N–H and O–H groups in total. The van der Waals surface area contributed by atoms with Crippen molar-refractivity contribution in [3.63, 3.8) is 0 Å². The molecule has 3 saturated heterocycles. The molecule has 1 spiro atoms. The van der Waals surface area contributed by atoms with E-state index in [1.807, 2.05) is 69.3 Å². The molecule has 3 amide bonds. The summed E-state index contributed by atoms with van der Waals surface area (Å²) in [6.45, 7) is 8.33. The molecule has 3 unspecified atom stereocenters. The Morgan fingerprint density at radius 2 is 1.90 bits per heavy atom. The number of aryl methyl sites for hydroxylation is 2. The van der Waals surface area contributed by atoms with Crippen molar-refractivity contribution in [3.05, 3.63) is 65.2 Å². The Balaban J connectivity index is 1.57. The number of nitrogens with one attached hydrogen (secondary N) is 2. The quantitative estimate of drug-likeness (QED) is 0.443. The molecule has 3 aliphatic rings. The van der Waals surface area contributed by atoms with Gasteiger partial charge in [-0.15, -0.1) is 11.8 Å². The minimum atomic E-state index is -0.801. The first-order chi connectivity index (χ1) is 18.7. The van der Waals surface area contributed by atoms with Crippen LogP contribution in [0.4, 0.5) is 5.69 Å². The van der Waals surface area contributed by atoms with Gasteiger partial charge in [-0.05, 0) is 61.8 Å². The standard InChI is InChI=1S/C31H39N3O4S/c1-5-13-32-28(36)25-24-15-20(4)31(39-24)26(25)30(38)34(22(17-35)16-21-9-7-6-8-10-21)27(31)29(37)33-23-14-18(2)11-12-19(23)3/h6-12,14,20,22,24-27,35H,5,13,15-17H2,1-4H3,(H,32,36)(H,33,37)/t20?,22-,24+,25-,26+,27?,31?/m1/s1. The molecule has 5 rings (SSSR count). The topological polar surface area (TPSA) is 98.7 Å². The minimum Gasteiger partial charge on any atom is -0.394 e. The van der Waals surface area contributed by atoms with Crippen LogP contribution in [0.1, 0.15) is 43.4 Å². The van der Waals surface area contributed by atoms with E-state index in [1.54, 1.807) is 16.7 Å². The average Bonchev–Trinajstić information content (AvgIpc) is 3.52. The molecule has 8 heteroatoms. The molecule has 2 aromatic rings. The van der Waals surface area contributed by atoms with Gasteiger partial charge in [-0.1, -0.05) is 56.3 Å². The van der Waals surface area contributed by atoms with Crippen LogP contribution in [-0.4, -0.2) is 63.0 Å². The lowest BCUT2D eigenvalue weighted by Crippen LogP contribution is -2.57. The van der Waals surface area contributed by atoms with E-state index >= 15 is 0 Å². The van der Waals surface area contributed by atoms with Gasteiger partial charge in [0.1, 0.15) is 6.04 Å². The van der Waals surface area contributed by atoms with E-state index in [1.165, 1.54) is 0 Å². The largest absolute Gasteiger partial charge is 0.394 e. The van der Waals surface area contributed by atoms with Crippen molar-refractivity contribution in [2.24, 2.45) is 17.8 Å². The number of nitrogens with zero attached hydrogens (tertiary/aromatic N) is 1. The summed E-state index contributed by atoms with van der Waals surface area (Å²) in [6, 6.07) is 14.3. The van der Waals surface area contributed by atoms with Gasteiger partial charge in [-0.3, -0.25) is 14.4 Å². The number of amides is 3. The molecule has 2 aromatic carbocycles. The number of aliphatic hydroxyl groups is 1. The summed E-state index contributed by atoms with van der Waals surface area (Å²) < 4.78 is -0.734. The maximum absolute atomic E-state index is 14.4. The highest BCUT2D eigenvalue weighted by Gasteiger charge is 2.76. The lowest BCUT2D eigenvalue weighted by molar-refractivity contribution is -0.142. The summed E-state index contributed by atoms with van der Waals surface area (Å²) in [6.07, 6.45) is 2.02. The van der Waals surface area contributed by atoms with Crippen molar-refractivity contribution in [2.75, 3.05) is 18.5 Å². The van der Waals surface area contributed by atoms with Gasteiger partial charge in [0.05, 0.1) is 29.2 Å². The molecule has 39 heavy (non-hydrogen) atoms. The fourth-order valence-corrected chi connectivity index (χ4v) is 9.44. The van der Waals surface area contributed by atoms with Crippen LogP contribution < -0.4 is 10.6 Å². The van der Waals surface area contributed by atoms with Crippen LogP contribution in [0.25, 0.3) is 0 Å². The summed E-state index contributed by atoms with van der Waals surface area (Å²) in [5.74, 6) is -1.56. The number of anilines is 1. The first-order valence-electron chi connectivity index (χ1n) is 14.0. The molecule has 208 valence electrons. The molecule has 3 aliphatic heterocycles. The number of fused-ring (bicyclic) bond motifs is 1. The smallest absolute Gasteiger partial charge is 0.248 e. The van der Waals surface area contributed by atoms with Crippen LogP contribution in [0, 0.1) is 31.6 Å². The summed E-state index contributed by atoms with van der Waals surface area (Å²) in [7, 11) is 0. The molecule has 3 fully saturated rings. The van der Waals surface area contributed by atoms with Gasteiger partial charge in [-0.2, -0.15) is 0 Å². The van der Waals surface area contributed by atoms with E-state index in [0.29, 0.717) is 13.0 Å². The van der Waals surface area contributed by atoms with Gasteiger partial charge in [0.25, 0.3) is 0 Å². The first-order valence-corrected chi connectivity index (χ1v) is 14.9. The molecule has 0 aliphatic carbocycles. The molecule has 0 saturated carbocycles. The third-order valence-electron chi connectivity index (χ3n) is 8.85. The monoisotopic (exact) mass is 549 g/mol. The van der Waals surface area contributed by atoms with Crippen LogP contribution in [0.2, 0.25) is 0 Å². The van der Waals surface area contributed by atoms with Crippen LogP contribution in [0.3, 0.4) is 0 Å². The van der Waals surface area contributed by atoms with E-state index in [-0.39, 0.29) is 35.5 Å². The van der Waals surface area contributed by atoms with Crippen molar-refractivity contribution in [3.8, 4) is 0 Å². The number of aliphatic hydroxyl groups excluding tert-OH is 1. The molecule has 0 radical (unpaired) electrons. The lowest BCUT2D eigenvalue weighted by Gasteiger charge is -2.40. The number of hydrogen-bond donors (Lipinski definition) is 3. The summed E-state index contributed by atoms with van der Waals surface area (Å²) in [5.41, 5.74) is 3.67. The van der Waals surface area contributed by atoms with Crippen molar-refractivity contribution >= 4 is 35.2 Å². The van der Waals surface area contributed by atoms with Gasteiger partial charge in [0, 0.05) is 17.5 Å². The maximum atomic E-state index is 14.4. The molecule has 2 bridgehead atoms. The van der Waals surface area contributed by atoms with E-state index in [0.717, 1.165) is 35.2 Å². The zero-order valence-corrected chi connectivity index (χ0v) is 24.0. The Bertz CT molecular complexity index is 1250. The number of hydrogen-bond acceptors (Lipinski definition) is 5. The third kappa shape index (κ3) is 4.65. The third-order valence-corrected chi connectivity index (χ3v) is 10.9. The van der Waals surface area contributed by atoms with Crippen LogP contribution in [0.5, 0.6) is 0 Å². The molecular weight excluding hydrogens is 510 g/mol. The van der Waals surface area contributed by atoms with Crippen molar-refractivity contribution in [1.82, 2.24) is 10.2 Å². The lowest BCUT2D eigenvalue weighted by atomic mass is 9.66. The number of likely N-dealkylation sites (tertiary alicyclic amines) is 1. The molecule has 0 aromatic heterocycles. The van der Waals surface area contributed by atoms with E-state index in [2.05, 4.69) is 17.6 Å². The normalized spacial score (nSPS) is 29.8. The second-order valence-corrected chi connectivity index (χ2v) is 13.0. The van der Waals surface area contributed by atoms with E-state index < -0.39 is 28.7 Å². The highest BCUT2D eigenvalue weighted by Crippen LogP contribution is 2.68. The average molecular weight is 550 g/mol. The molecule has 3 heterocycles. The SMILES string of the molecule is CCCNC(=O)[C@@H]1[C@@H]2CC(C)C3(S2)C(C(=O)Nc2cc(C)ccc2C)N([C@@H](CO)Cc2ccccc2)C(=O)[C@H]13.